The van der Waals surface area contributed by atoms with Gasteiger partial charge in [-0.25, -0.2) is 9.78 Å². The van der Waals surface area contributed by atoms with E-state index in [0.29, 0.717) is 22.7 Å². The van der Waals surface area contributed by atoms with Crippen molar-refractivity contribution >= 4 is 50.3 Å². The van der Waals surface area contributed by atoms with Crippen LogP contribution in [0.2, 0.25) is 0 Å². The fourth-order valence-corrected chi connectivity index (χ4v) is 6.54. The number of hydrogen-bond acceptors (Lipinski definition) is 7. The summed E-state index contributed by atoms with van der Waals surface area (Å²) >= 11 is 0.933. The van der Waals surface area contributed by atoms with E-state index >= 15 is 0 Å². The summed E-state index contributed by atoms with van der Waals surface area (Å²) in [6.45, 7) is 0.0642. The van der Waals surface area contributed by atoms with E-state index in [1.165, 1.54) is 29.7 Å². The molecule has 3 amide bonds. The third-order valence-corrected chi connectivity index (χ3v) is 9.12. The topological polar surface area (TPSA) is 130 Å². The second kappa shape index (κ2) is 13.3. The number of carbonyl (C=O) groups is 3. The molecule has 3 N–H and O–H groups in total. The smallest absolute Gasteiger partial charge is 0.481 e. The number of rotatable bonds is 9. The molecule has 2 heterocycles. The fraction of sp³-hybridized carbons (Fsp3) is 0.333. The number of amides is 3. The zero-order valence-electron chi connectivity index (χ0n) is 25.3. The third kappa shape index (κ3) is 7.15. The van der Waals surface area contributed by atoms with E-state index in [-0.39, 0.29) is 34.9 Å². The Labute approximate surface area is 275 Å². The van der Waals surface area contributed by atoms with Crippen LogP contribution >= 0.6 is 11.3 Å². The highest BCUT2D eigenvalue weighted by Gasteiger charge is 2.66. The van der Waals surface area contributed by atoms with E-state index in [4.69, 9.17) is 5.11 Å². The van der Waals surface area contributed by atoms with E-state index in [1.54, 1.807) is 24.3 Å². The van der Waals surface area contributed by atoms with Gasteiger partial charge in [-0.05, 0) is 54.2 Å². The molecule has 3 aromatic carbocycles. The first-order chi connectivity index (χ1) is 22.9. The monoisotopic (exact) mass is 686 g/mol. The number of nitrogens with one attached hydrogen (secondary N) is 2. The number of nitrogens with zero attached hydrogens (tertiary/aromatic N) is 2. The van der Waals surface area contributed by atoms with Gasteiger partial charge in [0.25, 0.3) is 5.91 Å². The molecule has 48 heavy (non-hydrogen) atoms. The summed E-state index contributed by atoms with van der Waals surface area (Å²) in [7, 11) is 0. The third-order valence-electron chi connectivity index (χ3n) is 8.19. The molecule has 15 heteroatoms. The molecule has 2 aliphatic rings. The van der Waals surface area contributed by atoms with Crippen molar-refractivity contribution in [3.8, 4) is 11.5 Å². The van der Waals surface area contributed by atoms with Gasteiger partial charge >= 0.3 is 24.2 Å². The Kier molecular flexibility index (Phi) is 9.14. The first-order valence-corrected chi connectivity index (χ1v) is 16.1. The van der Waals surface area contributed by atoms with Crippen molar-refractivity contribution in [3.05, 3.63) is 77.4 Å². The minimum atomic E-state index is -4.88. The van der Waals surface area contributed by atoms with Crippen LogP contribution in [0.15, 0.2) is 60.7 Å². The molecule has 0 unspecified atom stereocenters. The summed E-state index contributed by atoms with van der Waals surface area (Å²) in [5.74, 6) is -2.21. The molecular formula is C33H30F4N4O6S. The second-order valence-corrected chi connectivity index (χ2v) is 12.6. The molecule has 1 fully saturated rings. The predicted molar refractivity (Wildman–Crippen MR) is 169 cm³/mol. The van der Waals surface area contributed by atoms with Crippen LogP contribution in [0.3, 0.4) is 0 Å². The summed E-state index contributed by atoms with van der Waals surface area (Å²) in [6.07, 6.45) is -4.19. The second-order valence-electron chi connectivity index (χ2n) is 11.6. The maximum Gasteiger partial charge on any atom is 0.507 e. The standard InChI is InChI=1S/C33H30F4N4O6S/c34-32(35)33(36,37)47-26-17-27-24(16-25(26)46-32)39-30(48-27)40-31(45)41(23-12-10-21(11-13-23)20-4-2-1-3-5-20)18-19-6-8-22(9-7-19)29(44)38-15-14-28(42)43/h6-13,16-17,20H,1-5,14-15,18H2,(H,38,44)(H,42,43)(H,39,40,45). The molecule has 10 nitrogen and oxygen atoms in total. The minimum Gasteiger partial charge on any atom is -0.481 e. The van der Waals surface area contributed by atoms with Gasteiger partial charge in [0.15, 0.2) is 16.6 Å². The lowest BCUT2D eigenvalue weighted by Gasteiger charge is -2.31. The molecule has 0 bridgehead atoms. The van der Waals surface area contributed by atoms with Crippen LogP contribution in [-0.2, 0) is 11.3 Å². The number of urea groups is 1. The van der Waals surface area contributed by atoms with E-state index in [2.05, 4.69) is 25.1 Å². The average molecular weight is 687 g/mol. The van der Waals surface area contributed by atoms with Crippen molar-refractivity contribution in [2.45, 2.75) is 63.2 Å². The molecule has 1 aliphatic carbocycles. The van der Waals surface area contributed by atoms with Crippen LogP contribution in [0, 0.1) is 0 Å². The van der Waals surface area contributed by atoms with Crippen LogP contribution in [-0.4, -0.2) is 46.8 Å². The highest BCUT2D eigenvalue weighted by molar-refractivity contribution is 7.22. The first kappa shape index (κ1) is 33.0. The highest BCUT2D eigenvalue weighted by Crippen LogP contribution is 2.49. The molecule has 1 aliphatic heterocycles. The van der Waals surface area contributed by atoms with E-state index < -0.39 is 41.6 Å². The van der Waals surface area contributed by atoms with Gasteiger partial charge in [-0.1, -0.05) is 54.9 Å². The quantitative estimate of drug-likeness (QED) is 0.154. The molecule has 0 radical (unpaired) electrons. The number of benzene rings is 3. The van der Waals surface area contributed by atoms with Gasteiger partial charge < -0.3 is 19.9 Å². The van der Waals surface area contributed by atoms with Crippen molar-refractivity contribution in [3.63, 3.8) is 0 Å². The zero-order valence-corrected chi connectivity index (χ0v) is 26.1. The number of carbonyl (C=O) groups excluding carboxylic acids is 2. The molecule has 1 aromatic heterocycles. The Hall–Kier alpha value is -4.92. The first-order valence-electron chi connectivity index (χ1n) is 15.2. The number of halogens is 4. The van der Waals surface area contributed by atoms with Crippen molar-refractivity contribution in [1.82, 2.24) is 10.3 Å². The van der Waals surface area contributed by atoms with Crippen molar-refractivity contribution in [2.75, 3.05) is 16.8 Å². The molecule has 0 spiro atoms. The van der Waals surface area contributed by atoms with Crippen molar-refractivity contribution < 1.29 is 46.5 Å². The predicted octanol–water partition coefficient (Wildman–Crippen LogP) is 7.74. The maximum absolute atomic E-state index is 13.8. The van der Waals surface area contributed by atoms with Gasteiger partial charge in [0.2, 0.25) is 0 Å². The number of thiazole rings is 1. The number of carboxylic acid groups (broad SMARTS) is 1. The lowest BCUT2D eigenvalue weighted by molar-refractivity contribution is -0.391. The number of aliphatic carboxylic acids is 1. The molecule has 252 valence electrons. The molecular weight excluding hydrogens is 656 g/mol. The van der Waals surface area contributed by atoms with E-state index in [1.807, 2.05) is 24.3 Å². The Balaban J connectivity index is 1.23. The largest absolute Gasteiger partial charge is 0.507 e. The number of alkyl halides is 4. The average Bonchev–Trinajstić information content (AvgIpc) is 3.44. The van der Waals surface area contributed by atoms with Gasteiger partial charge in [-0.2, -0.15) is 17.6 Å². The van der Waals surface area contributed by atoms with Gasteiger partial charge in [0.05, 0.1) is 23.2 Å². The zero-order chi connectivity index (χ0) is 34.1. The van der Waals surface area contributed by atoms with E-state index in [9.17, 15) is 31.9 Å². The number of aromatic nitrogens is 1. The maximum atomic E-state index is 13.8. The summed E-state index contributed by atoms with van der Waals surface area (Å²) in [6, 6.07) is 15.8. The SMILES string of the molecule is O=C(O)CCNC(=O)c1ccc(CN(C(=O)Nc2nc3cc4c(cc3s2)OC(F)(F)C(F)(F)O4)c2ccc(C3CCCCC3)cc2)cc1. The van der Waals surface area contributed by atoms with Gasteiger partial charge in [0, 0.05) is 29.9 Å². The number of fused-ring (bicyclic) bond motifs is 2. The van der Waals surface area contributed by atoms with Gasteiger partial charge in [-0.15, -0.1) is 0 Å². The Morgan fingerprint density at radius 3 is 2.21 bits per heavy atom. The normalized spacial score (nSPS) is 16.7. The van der Waals surface area contributed by atoms with Crippen LogP contribution < -0.4 is 25.0 Å². The Bertz CT molecular complexity index is 1780. The number of anilines is 2. The van der Waals surface area contributed by atoms with Crippen LogP contribution in [0.4, 0.5) is 33.2 Å². The van der Waals surface area contributed by atoms with E-state index in [0.717, 1.165) is 36.3 Å². The molecule has 6 rings (SSSR count). The van der Waals surface area contributed by atoms with Crippen molar-refractivity contribution in [2.24, 2.45) is 0 Å². The number of hydrogen-bond donors (Lipinski definition) is 3. The van der Waals surface area contributed by atoms with Crippen LogP contribution in [0.25, 0.3) is 10.2 Å². The molecule has 0 saturated heterocycles. The Morgan fingerprint density at radius 1 is 0.917 bits per heavy atom. The number of ether oxygens (including phenoxy) is 2. The highest BCUT2D eigenvalue weighted by atomic mass is 32.1. The molecule has 0 atom stereocenters. The van der Waals surface area contributed by atoms with Gasteiger partial charge in [0.1, 0.15) is 0 Å². The number of carboxylic acids is 1. The summed E-state index contributed by atoms with van der Waals surface area (Å²) in [5, 5.41) is 14.1. The summed E-state index contributed by atoms with van der Waals surface area (Å²) in [4.78, 5) is 42.7. The summed E-state index contributed by atoms with van der Waals surface area (Å²) < 4.78 is 63.6. The Morgan fingerprint density at radius 2 is 1.56 bits per heavy atom. The van der Waals surface area contributed by atoms with Crippen LogP contribution in [0.5, 0.6) is 11.5 Å². The minimum absolute atomic E-state index is 0.0197. The van der Waals surface area contributed by atoms with Crippen LogP contribution in [0.1, 0.15) is 65.9 Å². The molecule has 1 saturated carbocycles. The lowest BCUT2D eigenvalue weighted by atomic mass is 9.84. The van der Waals surface area contributed by atoms with Gasteiger partial charge in [-0.3, -0.25) is 19.8 Å². The lowest BCUT2D eigenvalue weighted by Crippen LogP contribution is -2.52. The molecule has 4 aromatic rings. The fourth-order valence-electron chi connectivity index (χ4n) is 5.67. The van der Waals surface area contributed by atoms with Crippen molar-refractivity contribution in [1.29, 1.82) is 0 Å². The summed E-state index contributed by atoms with van der Waals surface area (Å²) in [5.41, 5.74) is 2.88.